The Morgan fingerprint density at radius 2 is 1.81 bits per heavy atom. The van der Waals surface area contributed by atoms with E-state index >= 15 is 0 Å². The van der Waals surface area contributed by atoms with Crippen molar-refractivity contribution in [3.8, 4) is 0 Å². The summed E-state index contributed by atoms with van der Waals surface area (Å²) in [4.78, 5) is 11.6. The molecular formula is C23H39NO2S. The van der Waals surface area contributed by atoms with E-state index < -0.39 is 0 Å². The second-order valence-corrected chi connectivity index (χ2v) is 11.1. The van der Waals surface area contributed by atoms with E-state index in [0.717, 1.165) is 36.0 Å². The van der Waals surface area contributed by atoms with Crippen molar-refractivity contribution in [3.63, 3.8) is 0 Å². The second kappa shape index (κ2) is 7.80. The maximum atomic E-state index is 11.6. The summed E-state index contributed by atoms with van der Waals surface area (Å²) in [6.45, 7) is 5.83. The molecule has 0 spiro atoms. The first-order chi connectivity index (χ1) is 13.0. The maximum absolute atomic E-state index is 11.6. The minimum atomic E-state index is -0.283. The van der Waals surface area contributed by atoms with Crippen LogP contribution in [-0.4, -0.2) is 19.0 Å². The molecule has 1 amide bonds. The third kappa shape index (κ3) is 3.42. The quantitative estimate of drug-likeness (QED) is 0.559. The predicted molar refractivity (Wildman–Crippen MR) is 112 cm³/mol. The Morgan fingerprint density at radius 1 is 1.00 bits per heavy atom. The van der Waals surface area contributed by atoms with Crippen LogP contribution in [0.25, 0.3) is 0 Å². The van der Waals surface area contributed by atoms with Crippen molar-refractivity contribution >= 4 is 18.0 Å². The number of nitrogens with one attached hydrogen (secondary N) is 1. The van der Waals surface area contributed by atoms with Crippen LogP contribution in [0.1, 0.15) is 84.5 Å². The van der Waals surface area contributed by atoms with Crippen LogP contribution < -0.4 is 4.72 Å². The van der Waals surface area contributed by atoms with Gasteiger partial charge >= 0.3 is 6.09 Å². The normalized spacial score (nSPS) is 46.1. The van der Waals surface area contributed by atoms with Gasteiger partial charge in [0.1, 0.15) is 0 Å². The van der Waals surface area contributed by atoms with Crippen LogP contribution >= 0.6 is 11.9 Å². The number of rotatable bonds is 4. The van der Waals surface area contributed by atoms with E-state index in [4.69, 9.17) is 4.74 Å². The van der Waals surface area contributed by atoms with E-state index in [2.05, 4.69) is 18.6 Å². The van der Waals surface area contributed by atoms with Crippen molar-refractivity contribution in [2.45, 2.75) is 84.5 Å². The molecule has 4 aliphatic rings. The molecule has 4 rings (SSSR count). The molecule has 7 atom stereocenters. The number of hydrogen-bond acceptors (Lipinski definition) is 3. The summed E-state index contributed by atoms with van der Waals surface area (Å²) in [5, 5.41) is 0. The zero-order chi connectivity index (χ0) is 19.1. The highest BCUT2D eigenvalue weighted by Gasteiger charge is 2.59. The van der Waals surface area contributed by atoms with Gasteiger partial charge in [0.05, 0.1) is 6.61 Å². The molecule has 4 fully saturated rings. The molecule has 0 radical (unpaired) electrons. The first-order valence-corrected chi connectivity index (χ1v) is 12.7. The lowest BCUT2D eigenvalue weighted by Gasteiger charge is -2.60. The number of hydrogen-bond donors (Lipinski definition) is 1. The summed E-state index contributed by atoms with van der Waals surface area (Å²) in [7, 11) is 0. The van der Waals surface area contributed by atoms with Gasteiger partial charge in [-0.05, 0) is 98.2 Å². The summed E-state index contributed by atoms with van der Waals surface area (Å²) in [5.74, 6) is 4.62. The zero-order valence-corrected chi connectivity index (χ0v) is 18.4. The average Bonchev–Trinajstić information content (AvgIpc) is 2.98. The van der Waals surface area contributed by atoms with Crippen LogP contribution in [0, 0.1) is 40.4 Å². The van der Waals surface area contributed by atoms with Crippen molar-refractivity contribution in [2.24, 2.45) is 40.4 Å². The van der Waals surface area contributed by atoms with Crippen molar-refractivity contribution in [2.75, 3.05) is 12.9 Å². The fourth-order valence-electron chi connectivity index (χ4n) is 8.28. The highest BCUT2D eigenvalue weighted by atomic mass is 32.2. The summed E-state index contributed by atoms with van der Waals surface area (Å²) in [5.41, 5.74) is 1.12. The Kier molecular flexibility index (Phi) is 5.75. The molecule has 27 heavy (non-hydrogen) atoms. The van der Waals surface area contributed by atoms with E-state index in [0.29, 0.717) is 17.4 Å². The monoisotopic (exact) mass is 393 g/mol. The Hall–Kier alpha value is -0.380. The van der Waals surface area contributed by atoms with E-state index in [1.54, 1.807) is 0 Å². The molecule has 0 heterocycles. The van der Waals surface area contributed by atoms with Crippen molar-refractivity contribution in [1.82, 2.24) is 4.72 Å². The lowest BCUT2D eigenvalue weighted by atomic mass is 9.45. The van der Waals surface area contributed by atoms with E-state index in [9.17, 15) is 4.79 Å². The van der Waals surface area contributed by atoms with Crippen LogP contribution in [0.15, 0.2) is 0 Å². The van der Waals surface area contributed by atoms with E-state index in [1.165, 1.54) is 76.2 Å². The fourth-order valence-corrected chi connectivity index (χ4v) is 8.51. The maximum Gasteiger partial charge on any atom is 0.417 e. The molecule has 4 saturated carbocycles. The summed E-state index contributed by atoms with van der Waals surface area (Å²) in [6, 6.07) is 0. The standard InChI is InChI=1S/C23H39NO2S/c1-22-13-5-4-6-16(22)7-9-18-19-10-8-17(12-15-26-21(25)24-27-3)23(19,2)14-11-20(18)22/h16-20H,4-15H2,1-3H3,(H,24,25). The minimum Gasteiger partial charge on any atom is -0.449 e. The Balaban J connectivity index is 1.41. The largest absolute Gasteiger partial charge is 0.449 e. The number of amides is 1. The van der Waals surface area contributed by atoms with Gasteiger partial charge < -0.3 is 4.74 Å². The van der Waals surface area contributed by atoms with Gasteiger partial charge in [0.25, 0.3) is 0 Å². The molecular weight excluding hydrogens is 354 g/mol. The number of ether oxygens (including phenoxy) is 1. The molecule has 0 aromatic rings. The highest BCUT2D eigenvalue weighted by Crippen LogP contribution is 2.67. The molecule has 1 N–H and O–H groups in total. The predicted octanol–water partition coefficient (Wildman–Crippen LogP) is 6.43. The van der Waals surface area contributed by atoms with Gasteiger partial charge in [-0.3, -0.25) is 4.72 Å². The number of carbonyl (C=O) groups is 1. The number of fused-ring (bicyclic) bond motifs is 5. The summed E-state index contributed by atoms with van der Waals surface area (Å²) >= 11 is 1.31. The van der Waals surface area contributed by atoms with Crippen LogP contribution in [0.2, 0.25) is 0 Å². The Bertz CT molecular complexity index is 554. The SMILES string of the molecule is CSNC(=O)OCCC1CCC2C3CCC4CCCCC4(C)C3CCC12C. The molecule has 154 valence electrons. The summed E-state index contributed by atoms with van der Waals surface area (Å²) in [6.07, 6.45) is 17.2. The molecule has 3 nitrogen and oxygen atoms in total. The van der Waals surface area contributed by atoms with Crippen LogP contribution in [0.3, 0.4) is 0 Å². The van der Waals surface area contributed by atoms with Gasteiger partial charge in [0.15, 0.2) is 0 Å². The van der Waals surface area contributed by atoms with Gasteiger partial charge in [-0.1, -0.05) is 38.6 Å². The van der Waals surface area contributed by atoms with Crippen LogP contribution in [-0.2, 0) is 4.74 Å². The van der Waals surface area contributed by atoms with Gasteiger partial charge in [-0.25, -0.2) is 4.79 Å². The highest BCUT2D eigenvalue weighted by molar-refractivity contribution is 7.97. The molecule has 0 aromatic carbocycles. The zero-order valence-electron chi connectivity index (χ0n) is 17.6. The Morgan fingerprint density at radius 3 is 2.63 bits per heavy atom. The minimum absolute atomic E-state index is 0.283. The number of carbonyl (C=O) groups excluding carboxylic acids is 1. The molecule has 7 unspecified atom stereocenters. The third-order valence-corrected chi connectivity index (χ3v) is 10.0. The van der Waals surface area contributed by atoms with Crippen LogP contribution in [0.4, 0.5) is 4.79 Å². The molecule has 4 heteroatoms. The van der Waals surface area contributed by atoms with Gasteiger partial charge in [-0.15, -0.1) is 0 Å². The molecule has 0 bridgehead atoms. The van der Waals surface area contributed by atoms with E-state index in [1.807, 2.05) is 6.26 Å². The smallest absolute Gasteiger partial charge is 0.417 e. The lowest BCUT2D eigenvalue weighted by molar-refractivity contribution is -0.111. The van der Waals surface area contributed by atoms with Crippen molar-refractivity contribution in [3.05, 3.63) is 0 Å². The van der Waals surface area contributed by atoms with Gasteiger partial charge in [0.2, 0.25) is 0 Å². The molecule has 0 aromatic heterocycles. The molecule has 4 aliphatic carbocycles. The fraction of sp³-hybridized carbons (Fsp3) is 0.957. The van der Waals surface area contributed by atoms with E-state index in [-0.39, 0.29) is 6.09 Å². The van der Waals surface area contributed by atoms with Gasteiger partial charge in [0, 0.05) is 6.26 Å². The van der Waals surface area contributed by atoms with Crippen molar-refractivity contribution in [1.29, 1.82) is 0 Å². The topological polar surface area (TPSA) is 38.3 Å². The molecule has 0 aliphatic heterocycles. The second-order valence-electron chi connectivity index (χ2n) is 10.5. The van der Waals surface area contributed by atoms with Gasteiger partial charge in [-0.2, -0.15) is 0 Å². The van der Waals surface area contributed by atoms with Crippen LogP contribution in [0.5, 0.6) is 0 Å². The third-order valence-electron chi connectivity index (χ3n) is 9.66. The first kappa shape index (κ1) is 19.9. The first-order valence-electron chi connectivity index (χ1n) is 11.4. The molecule has 0 saturated heterocycles. The lowest BCUT2D eigenvalue weighted by Crippen LogP contribution is -2.52. The Labute approximate surface area is 170 Å². The van der Waals surface area contributed by atoms with Crippen molar-refractivity contribution < 1.29 is 9.53 Å². The average molecular weight is 394 g/mol. The summed E-state index contributed by atoms with van der Waals surface area (Å²) < 4.78 is 8.05.